The molecule has 0 unspecified atom stereocenters. The van der Waals surface area contributed by atoms with Gasteiger partial charge >= 0.3 is 6.09 Å². The third kappa shape index (κ3) is 4.44. The molecule has 2 rings (SSSR count). The Morgan fingerprint density at radius 1 is 1.57 bits per heavy atom. The van der Waals surface area contributed by atoms with Crippen molar-refractivity contribution in [3.63, 3.8) is 0 Å². The van der Waals surface area contributed by atoms with Crippen LogP contribution in [0.1, 0.15) is 27.2 Å². The fraction of sp³-hybridized carbons (Fsp3) is 0.571. The van der Waals surface area contributed by atoms with Crippen molar-refractivity contribution in [1.29, 1.82) is 0 Å². The van der Waals surface area contributed by atoms with Crippen LogP contribution in [-0.4, -0.2) is 39.3 Å². The van der Waals surface area contributed by atoms with Crippen molar-refractivity contribution >= 4 is 23.7 Å². The molecule has 0 bridgehead atoms. The van der Waals surface area contributed by atoms with Crippen molar-refractivity contribution in [2.75, 3.05) is 5.32 Å². The van der Waals surface area contributed by atoms with E-state index in [4.69, 9.17) is 10.5 Å². The van der Waals surface area contributed by atoms with Gasteiger partial charge < -0.3 is 21.1 Å². The number of hydrogen-bond acceptors (Lipinski definition) is 5. The average Bonchev–Trinajstić information content (AvgIpc) is 2.82. The molecule has 2 heterocycles. The fourth-order valence-electron chi connectivity index (χ4n) is 2.27. The van der Waals surface area contributed by atoms with Crippen LogP contribution < -0.4 is 16.4 Å². The van der Waals surface area contributed by atoms with Crippen molar-refractivity contribution < 1.29 is 19.1 Å². The van der Waals surface area contributed by atoms with Crippen molar-refractivity contribution in [1.82, 2.24) is 15.1 Å². The van der Waals surface area contributed by atoms with Crippen LogP contribution in [0.5, 0.6) is 0 Å². The number of fused-ring (bicyclic) bond motifs is 1. The van der Waals surface area contributed by atoms with Crippen molar-refractivity contribution in [2.45, 2.75) is 45.4 Å². The predicted octanol–water partition coefficient (Wildman–Crippen LogP) is 0.220. The Bertz CT molecular complexity index is 619. The lowest BCUT2D eigenvalue weighted by atomic mass is 9.97. The Hall–Kier alpha value is -2.58. The molecule has 0 saturated heterocycles. The second kappa shape index (κ2) is 6.27. The van der Waals surface area contributed by atoms with Crippen LogP contribution in [0, 0.1) is 5.92 Å². The Morgan fingerprint density at radius 3 is 2.87 bits per heavy atom. The smallest absolute Gasteiger partial charge is 0.408 e. The molecule has 0 saturated carbocycles. The molecular weight excluding hydrogens is 302 g/mol. The molecule has 3 amide bonds. The lowest BCUT2D eigenvalue weighted by Gasteiger charge is -2.27. The minimum Gasteiger partial charge on any atom is -0.444 e. The number of rotatable bonds is 4. The van der Waals surface area contributed by atoms with Gasteiger partial charge in [0.2, 0.25) is 11.8 Å². The summed E-state index contributed by atoms with van der Waals surface area (Å²) < 4.78 is 6.72. The minimum atomic E-state index is -1.00. The average molecular weight is 323 g/mol. The molecule has 4 N–H and O–H groups in total. The summed E-state index contributed by atoms with van der Waals surface area (Å²) in [6, 6.07) is 0.677. The molecule has 1 aromatic rings. The highest BCUT2D eigenvalue weighted by molar-refractivity contribution is 5.94. The van der Waals surface area contributed by atoms with E-state index in [0.29, 0.717) is 12.4 Å². The first-order valence-electron chi connectivity index (χ1n) is 7.27. The van der Waals surface area contributed by atoms with E-state index in [0.717, 1.165) is 0 Å². The van der Waals surface area contributed by atoms with Crippen LogP contribution in [-0.2, 0) is 20.9 Å². The van der Waals surface area contributed by atoms with Crippen molar-refractivity contribution in [3.8, 4) is 0 Å². The highest BCUT2D eigenvalue weighted by Gasteiger charge is 2.32. The number of nitrogens with two attached hydrogens (primary N) is 1. The topological polar surface area (TPSA) is 128 Å². The number of carbonyl (C=O) groups is 3. The Balaban J connectivity index is 2.01. The molecule has 0 aromatic carbocycles. The van der Waals surface area contributed by atoms with Crippen LogP contribution in [0.3, 0.4) is 0 Å². The zero-order chi connectivity index (χ0) is 17.2. The number of anilines is 1. The number of primary amides is 1. The van der Waals surface area contributed by atoms with Gasteiger partial charge in [-0.15, -0.1) is 0 Å². The summed E-state index contributed by atoms with van der Waals surface area (Å²) >= 11 is 0. The first-order valence-corrected chi connectivity index (χ1v) is 7.27. The van der Waals surface area contributed by atoms with E-state index in [1.807, 2.05) is 0 Å². The van der Waals surface area contributed by atoms with E-state index in [1.54, 1.807) is 37.7 Å². The molecule has 1 aromatic heterocycles. The highest BCUT2D eigenvalue weighted by atomic mass is 16.6. The summed E-state index contributed by atoms with van der Waals surface area (Å²) in [4.78, 5) is 35.4. The Labute approximate surface area is 133 Å². The first-order chi connectivity index (χ1) is 10.7. The van der Waals surface area contributed by atoms with E-state index in [9.17, 15) is 14.4 Å². The second-order valence-corrected chi connectivity index (χ2v) is 6.42. The third-order valence-electron chi connectivity index (χ3n) is 3.29. The number of ether oxygens (including phenoxy) is 1. The van der Waals surface area contributed by atoms with E-state index >= 15 is 0 Å². The van der Waals surface area contributed by atoms with E-state index < -0.39 is 29.6 Å². The van der Waals surface area contributed by atoms with Gasteiger partial charge in [0.25, 0.3) is 0 Å². The van der Waals surface area contributed by atoms with Gasteiger partial charge in [-0.05, 0) is 27.2 Å². The monoisotopic (exact) mass is 323 g/mol. The summed E-state index contributed by atoms with van der Waals surface area (Å²) in [5, 5.41) is 9.18. The van der Waals surface area contributed by atoms with Crippen LogP contribution in [0.25, 0.3) is 0 Å². The summed E-state index contributed by atoms with van der Waals surface area (Å²) in [6.45, 7) is 5.44. The molecule has 1 aliphatic heterocycles. The molecule has 0 radical (unpaired) electrons. The maximum atomic E-state index is 12.1. The summed E-state index contributed by atoms with van der Waals surface area (Å²) in [6.07, 6.45) is 0.889. The summed E-state index contributed by atoms with van der Waals surface area (Å²) in [5.41, 5.74) is 4.63. The van der Waals surface area contributed by atoms with Gasteiger partial charge in [-0.3, -0.25) is 9.59 Å². The van der Waals surface area contributed by atoms with Gasteiger partial charge in [-0.1, -0.05) is 0 Å². The number of nitrogens with zero attached hydrogens (tertiary/aromatic N) is 2. The second-order valence-electron chi connectivity index (χ2n) is 6.42. The Kier molecular flexibility index (Phi) is 4.57. The van der Waals surface area contributed by atoms with Gasteiger partial charge in [-0.2, -0.15) is 5.10 Å². The normalized spacial score (nSPS) is 18.6. The van der Waals surface area contributed by atoms with Gasteiger partial charge in [0, 0.05) is 6.07 Å². The van der Waals surface area contributed by atoms with Gasteiger partial charge in [0.15, 0.2) is 0 Å². The molecule has 126 valence electrons. The molecule has 1 aliphatic rings. The number of carbonyl (C=O) groups excluding carboxylic acids is 3. The third-order valence-corrected chi connectivity index (χ3v) is 3.29. The maximum Gasteiger partial charge on any atom is 0.408 e. The van der Waals surface area contributed by atoms with Crippen LogP contribution >= 0.6 is 0 Å². The number of nitrogens with one attached hydrogen (secondary N) is 2. The maximum absolute atomic E-state index is 12.1. The predicted molar refractivity (Wildman–Crippen MR) is 81.3 cm³/mol. The molecule has 0 fully saturated rings. The number of amides is 3. The van der Waals surface area contributed by atoms with E-state index in [1.165, 1.54) is 0 Å². The zero-order valence-corrected chi connectivity index (χ0v) is 13.3. The largest absolute Gasteiger partial charge is 0.444 e. The van der Waals surface area contributed by atoms with Gasteiger partial charge in [0.05, 0.1) is 18.7 Å². The minimum absolute atomic E-state index is 0.0692. The SMILES string of the molecule is CC(C)(C)OC(=O)N[C@@H](C[C@H]1Cn2nccc2NC1=O)C(N)=O. The van der Waals surface area contributed by atoms with Crippen LogP contribution in [0.4, 0.5) is 10.6 Å². The van der Waals surface area contributed by atoms with Crippen molar-refractivity contribution in [2.24, 2.45) is 11.7 Å². The fourth-order valence-corrected chi connectivity index (χ4v) is 2.27. The Morgan fingerprint density at radius 2 is 2.26 bits per heavy atom. The van der Waals surface area contributed by atoms with Crippen molar-refractivity contribution in [3.05, 3.63) is 12.3 Å². The quantitative estimate of drug-likeness (QED) is 0.730. The molecule has 9 heteroatoms. The number of hydrogen-bond donors (Lipinski definition) is 3. The molecule has 23 heavy (non-hydrogen) atoms. The molecular formula is C14H21N5O4. The standard InChI is InChI=1S/C14H21N5O4/c1-14(2,3)23-13(22)17-9(11(15)20)6-8-7-19-10(4-5-16-19)18-12(8)21/h4-5,8-9H,6-7H2,1-3H3,(H2,15,20)(H,17,22)(H,18,21)/t8-,9-/m0/s1. The van der Waals surface area contributed by atoms with Gasteiger partial charge in [-0.25, -0.2) is 9.48 Å². The van der Waals surface area contributed by atoms with Crippen LogP contribution in [0.15, 0.2) is 12.3 Å². The summed E-state index contributed by atoms with van der Waals surface area (Å²) in [7, 11) is 0. The molecule has 9 nitrogen and oxygen atoms in total. The number of alkyl carbamates (subject to hydrolysis) is 1. The first kappa shape index (κ1) is 16.8. The van der Waals surface area contributed by atoms with E-state index in [2.05, 4.69) is 15.7 Å². The summed E-state index contributed by atoms with van der Waals surface area (Å²) in [5.74, 6) is -0.901. The molecule has 2 atom stereocenters. The number of aromatic nitrogens is 2. The zero-order valence-electron chi connectivity index (χ0n) is 13.3. The lowest BCUT2D eigenvalue weighted by molar-refractivity contribution is -0.123. The molecule has 0 aliphatic carbocycles. The van der Waals surface area contributed by atoms with E-state index in [-0.39, 0.29) is 12.3 Å². The van der Waals surface area contributed by atoms with Crippen LogP contribution in [0.2, 0.25) is 0 Å². The highest BCUT2D eigenvalue weighted by Crippen LogP contribution is 2.21. The lowest BCUT2D eigenvalue weighted by Crippen LogP contribution is -2.49. The molecule has 0 spiro atoms. The van der Waals surface area contributed by atoms with Gasteiger partial charge in [0.1, 0.15) is 17.5 Å².